The van der Waals surface area contributed by atoms with Crippen molar-refractivity contribution >= 4 is 22.6 Å². The molecule has 2 unspecified atom stereocenters. The molecule has 4 fully saturated rings. The van der Waals surface area contributed by atoms with Crippen molar-refractivity contribution in [1.29, 1.82) is 0 Å². The van der Waals surface area contributed by atoms with Gasteiger partial charge in [0.05, 0.1) is 6.61 Å². The van der Waals surface area contributed by atoms with Crippen LogP contribution in [0.25, 0.3) is 0 Å². The average Bonchev–Trinajstić information content (AvgIpc) is 2.58. The summed E-state index contributed by atoms with van der Waals surface area (Å²) in [6.07, 6.45) is 10.8. The van der Waals surface area contributed by atoms with Crippen LogP contribution in [0.15, 0.2) is 24.3 Å². The van der Waals surface area contributed by atoms with Gasteiger partial charge in [-0.1, -0.05) is 41.6 Å². The summed E-state index contributed by atoms with van der Waals surface area (Å²) in [5.41, 5.74) is 1.84. The van der Waals surface area contributed by atoms with E-state index in [1.54, 1.807) is 0 Å². The molecule has 0 heterocycles. The highest BCUT2D eigenvalue weighted by atomic mass is 127. The van der Waals surface area contributed by atoms with Crippen LogP contribution in [0.5, 0.6) is 5.75 Å². The van der Waals surface area contributed by atoms with E-state index in [9.17, 15) is 0 Å². The molecule has 0 saturated heterocycles. The molecule has 5 rings (SSSR count). The van der Waals surface area contributed by atoms with E-state index in [0.717, 1.165) is 43.0 Å². The molecule has 1 aromatic rings. The van der Waals surface area contributed by atoms with Crippen molar-refractivity contribution in [2.75, 3.05) is 6.61 Å². The first-order chi connectivity index (χ1) is 12.5. The highest BCUT2D eigenvalue weighted by Crippen LogP contribution is 2.61. The maximum atomic E-state index is 6.37. The van der Waals surface area contributed by atoms with E-state index in [0.29, 0.717) is 9.34 Å². The predicted octanol–water partition coefficient (Wildman–Crippen LogP) is 6.92. The summed E-state index contributed by atoms with van der Waals surface area (Å²) in [6, 6.07) is 8.61. The summed E-state index contributed by atoms with van der Waals surface area (Å²) in [5, 5.41) is 0. The van der Waals surface area contributed by atoms with Gasteiger partial charge in [0.2, 0.25) is 0 Å². The van der Waals surface area contributed by atoms with Gasteiger partial charge in [-0.05, 0) is 92.7 Å². The lowest BCUT2D eigenvalue weighted by molar-refractivity contribution is -0.142. The molecule has 0 amide bonds. The van der Waals surface area contributed by atoms with Gasteiger partial charge >= 0.3 is 0 Å². The summed E-state index contributed by atoms with van der Waals surface area (Å²) in [5.74, 6) is 3.91. The Hall–Kier alpha value is -0.290. The molecule has 1 aromatic carbocycles. The lowest BCUT2D eigenvalue weighted by Crippen LogP contribution is -2.48. The molecule has 0 N–H and O–H groups in total. The van der Waals surface area contributed by atoms with Crippen LogP contribution in [0.1, 0.15) is 74.7 Å². The van der Waals surface area contributed by atoms with Gasteiger partial charge in [0.15, 0.2) is 6.29 Å². The Kier molecular flexibility index (Phi) is 5.85. The predicted molar refractivity (Wildman–Crippen MR) is 115 cm³/mol. The van der Waals surface area contributed by atoms with Crippen LogP contribution in [0.4, 0.5) is 0 Å². The standard InChI is InChI=1S/C23H33IO2/c1-3-8-25-22(26-21-6-4-20(5-7-21)16(2)24)15-23-12-17-9-18(13-23)11-19(10-17)14-23/h4-7,16-19,22H,3,8-15H2,1-2H3. The van der Waals surface area contributed by atoms with E-state index in [-0.39, 0.29) is 6.29 Å². The summed E-state index contributed by atoms with van der Waals surface area (Å²) < 4.78 is 13.1. The quantitative estimate of drug-likeness (QED) is 0.234. The van der Waals surface area contributed by atoms with Crippen LogP contribution in [0.2, 0.25) is 0 Å². The number of ether oxygens (including phenoxy) is 2. The Morgan fingerprint density at radius 2 is 1.62 bits per heavy atom. The zero-order valence-corrected chi connectivity index (χ0v) is 18.4. The minimum Gasteiger partial charge on any atom is -0.465 e. The Bertz CT molecular complexity index is 559. The average molecular weight is 468 g/mol. The molecular formula is C23H33IO2. The Morgan fingerprint density at radius 1 is 1.04 bits per heavy atom. The van der Waals surface area contributed by atoms with Crippen LogP contribution in [-0.2, 0) is 4.74 Å². The molecule has 4 saturated carbocycles. The van der Waals surface area contributed by atoms with Crippen LogP contribution in [0, 0.1) is 23.2 Å². The van der Waals surface area contributed by atoms with E-state index in [2.05, 4.69) is 60.7 Å². The highest BCUT2D eigenvalue weighted by molar-refractivity contribution is 14.1. The molecule has 2 atom stereocenters. The van der Waals surface area contributed by atoms with Crippen molar-refractivity contribution in [2.24, 2.45) is 23.2 Å². The molecule has 4 bridgehead atoms. The molecule has 0 aromatic heterocycles. The molecule has 0 radical (unpaired) electrons. The Labute approximate surface area is 172 Å². The fraction of sp³-hybridized carbons (Fsp3) is 0.739. The lowest BCUT2D eigenvalue weighted by atomic mass is 9.49. The maximum absolute atomic E-state index is 6.37. The van der Waals surface area contributed by atoms with Crippen LogP contribution in [0.3, 0.4) is 0 Å². The monoisotopic (exact) mass is 468 g/mol. The SMILES string of the molecule is CCCOC(CC12CC3CC(CC(C3)C1)C2)Oc1ccc(C(C)I)cc1. The minimum atomic E-state index is -0.0888. The van der Waals surface area contributed by atoms with E-state index >= 15 is 0 Å². The number of hydrogen-bond acceptors (Lipinski definition) is 2. The molecule has 0 spiro atoms. The second kappa shape index (κ2) is 7.98. The number of hydrogen-bond donors (Lipinski definition) is 0. The lowest BCUT2D eigenvalue weighted by Gasteiger charge is -2.57. The molecular weight excluding hydrogens is 435 g/mol. The van der Waals surface area contributed by atoms with Crippen molar-refractivity contribution in [1.82, 2.24) is 0 Å². The summed E-state index contributed by atoms with van der Waals surface area (Å²) in [7, 11) is 0. The van der Waals surface area contributed by atoms with Crippen molar-refractivity contribution in [3.8, 4) is 5.75 Å². The molecule has 2 nitrogen and oxygen atoms in total. The number of halogens is 1. The highest BCUT2D eigenvalue weighted by Gasteiger charge is 2.51. The molecule has 4 aliphatic rings. The third-order valence-electron chi connectivity index (χ3n) is 6.88. The van der Waals surface area contributed by atoms with Gasteiger partial charge in [0.25, 0.3) is 0 Å². The number of rotatable bonds is 8. The molecule has 26 heavy (non-hydrogen) atoms. The van der Waals surface area contributed by atoms with E-state index in [1.807, 2.05) is 0 Å². The molecule has 4 aliphatic carbocycles. The van der Waals surface area contributed by atoms with Crippen LogP contribution in [-0.4, -0.2) is 12.9 Å². The van der Waals surface area contributed by atoms with Gasteiger partial charge < -0.3 is 9.47 Å². The van der Waals surface area contributed by atoms with Crippen LogP contribution >= 0.6 is 22.6 Å². The maximum Gasteiger partial charge on any atom is 0.200 e. The van der Waals surface area contributed by atoms with Crippen LogP contribution < -0.4 is 4.74 Å². The smallest absolute Gasteiger partial charge is 0.200 e. The summed E-state index contributed by atoms with van der Waals surface area (Å²) in [4.78, 5) is 0. The van der Waals surface area contributed by atoms with Gasteiger partial charge in [-0.15, -0.1) is 0 Å². The zero-order chi connectivity index (χ0) is 18.1. The fourth-order valence-electron chi connectivity index (χ4n) is 6.24. The first kappa shape index (κ1) is 19.0. The van der Waals surface area contributed by atoms with E-state index in [4.69, 9.17) is 9.47 Å². The van der Waals surface area contributed by atoms with Crippen molar-refractivity contribution < 1.29 is 9.47 Å². The third-order valence-corrected chi connectivity index (χ3v) is 7.60. The Balaban J connectivity index is 1.45. The van der Waals surface area contributed by atoms with Gasteiger partial charge in [-0.3, -0.25) is 0 Å². The molecule has 3 heteroatoms. The first-order valence-corrected chi connectivity index (χ1v) is 11.8. The Morgan fingerprint density at radius 3 is 2.12 bits per heavy atom. The van der Waals surface area contributed by atoms with Gasteiger partial charge in [-0.25, -0.2) is 0 Å². The second-order valence-corrected chi connectivity index (χ2v) is 11.1. The van der Waals surface area contributed by atoms with Gasteiger partial charge in [0.1, 0.15) is 5.75 Å². The minimum absolute atomic E-state index is 0.0888. The van der Waals surface area contributed by atoms with Crippen molar-refractivity contribution in [3.05, 3.63) is 29.8 Å². The van der Waals surface area contributed by atoms with E-state index in [1.165, 1.54) is 44.1 Å². The first-order valence-electron chi connectivity index (χ1n) is 10.6. The molecule has 144 valence electrons. The van der Waals surface area contributed by atoms with Crippen molar-refractivity contribution in [3.63, 3.8) is 0 Å². The second-order valence-electron chi connectivity index (χ2n) is 9.22. The van der Waals surface area contributed by atoms with Gasteiger partial charge in [-0.2, -0.15) is 0 Å². The van der Waals surface area contributed by atoms with Crippen molar-refractivity contribution in [2.45, 2.75) is 75.4 Å². The number of alkyl halides is 1. The largest absolute Gasteiger partial charge is 0.465 e. The topological polar surface area (TPSA) is 18.5 Å². The number of benzene rings is 1. The zero-order valence-electron chi connectivity index (χ0n) is 16.3. The molecule has 0 aliphatic heterocycles. The summed E-state index contributed by atoms with van der Waals surface area (Å²) >= 11 is 2.46. The van der Waals surface area contributed by atoms with Gasteiger partial charge in [0, 0.05) is 10.3 Å². The summed E-state index contributed by atoms with van der Waals surface area (Å²) in [6.45, 7) is 5.19. The fourth-order valence-corrected chi connectivity index (χ4v) is 6.66. The third kappa shape index (κ3) is 4.24. The van der Waals surface area contributed by atoms with E-state index < -0.39 is 0 Å². The normalized spacial score (nSPS) is 34.7.